The van der Waals surface area contributed by atoms with Crippen molar-refractivity contribution in [1.82, 2.24) is 4.90 Å². The number of fused-ring (bicyclic) bond motifs is 1. The smallest absolute Gasteiger partial charge is 0.133 e. The number of nitriles is 1. The number of hydrogen-bond acceptors (Lipinski definition) is 6. The zero-order valence-electron chi connectivity index (χ0n) is 14.8. The fourth-order valence-corrected chi connectivity index (χ4v) is 4.54. The van der Waals surface area contributed by atoms with Gasteiger partial charge in [-0.25, -0.2) is 4.39 Å². The highest BCUT2D eigenvalue weighted by Crippen LogP contribution is 2.34. The van der Waals surface area contributed by atoms with Gasteiger partial charge in [-0.1, -0.05) is 12.1 Å². The predicted octanol–water partition coefficient (Wildman–Crippen LogP) is 2.80. The molecule has 2 heterocycles. The van der Waals surface area contributed by atoms with Crippen molar-refractivity contribution in [2.24, 2.45) is 0 Å². The van der Waals surface area contributed by atoms with Crippen LogP contribution in [0.15, 0.2) is 23.6 Å². The van der Waals surface area contributed by atoms with Crippen LogP contribution in [0, 0.1) is 11.3 Å². The van der Waals surface area contributed by atoms with E-state index >= 15 is 0 Å². The average molecular weight is 377 g/mol. The number of ether oxygens (including phenoxy) is 1. The molecule has 3 atom stereocenters. The highest BCUT2D eigenvalue weighted by molar-refractivity contribution is 7.18. The number of aliphatic hydroxyl groups is 1. The van der Waals surface area contributed by atoms with Gasteiger partial charge in [-0.05, 0) is 28.8 Å². The van der Waals surface area contributed by atoms with Gasteiger partial charge in [0, 0.05) is 26.7 Å². The van der Waals surface area contributed by atoms with Gasteiger partial charge in [-0.15, -0.1) is 11.3 Å². The lowest BCUT2D eigenvalue weighted by Gasteiger charge is -2.36. The molecule has 1 saturated heterocycles. The molecule has 7 heteroatoms. The summed E-state index contributed by atoms with van der Waals surface area (Å²) in [4.78, 5) is 1.95. The van der Waals surface area contributed by atoms with Gasteiger partial charge in [0.25, 0.3) is 0 Å². The van der Waals surface area contributed by atoms with Crippen LogP contribution in [0.4, 0.5) is 10.1 Å². The number of piperidine rings is 1. The molecule has 1 aliphatic rings. The van der Waals surface area contributed by atoms with Crippen LogP contribution in [0.3, 0.4) is 0 Å². The van der Waals surface area contributed by atoms with Crippen molar-refractivity contribution in [1.29, 1.82) is 5.26 Å². The molecule has 1 fully saturated rings. The van der Waals surface area contributed by atoms with Crippen molar-refractivity contribution in [3.05, 3.63) is 29.1 Å². The average Bonchev–Trinajstić information content (AvgIpc) is 3.02. The molecule has 140 valence electrons. The van der Waals surface area contributed by atoms with E-state index in [-0.39, 0.29) is 12.6 Å². The molecule has 0 amide bonds. The Labute approximate surface area is 157 Å². The molecule has 1 aromatic heterocycles. The van der Waals surface area contributed by atoms with Crippen molar-refractivity contribution >= 4 is 27.1 Å². The standard InChI is InChI=1S/C19H24FN3O2S/c1-25-11-14(24)9-23-8-6-17(16(20)10-23)22-18-4-2-3-15-13(5-7-21)12-26-19(15)18/h2-4,12,14,16-17,22,24H,5-6,8-11H2,1H3. The predicted molar refractivity (Wildman–Crippen MR) is 102 cm³/mol. The molecule has 0 aliphatic carbocycles. The fraction of sp³-hybridized carbons (Fsp3) is 0.526. The summed E-state index contributed by atoms with van der Waals surface area (Å²) in [7, 11) is 1.55. The van der Waals surface area contributed by atoms with E-state index in [0.29, 0.717) is 25.9 Å². The van der Waals surface area contributed by atoms with Gasteiger partial charge in [-0.2, -0.15) is 5.26 Å². The second-order valence-electron chi connectivity index (χ2n) is 6.70. The summed E-state index contributed by atoms with van der Waals surface area (Å²) in [6.07, 6.45) is -0.534. The summed E-state index contributed by atoms with van der Waals surface area (Å²) in [5, 5.41) is 25.2. The zero-order chi connectivity index (χ0) is 18.5. The molecular weight excluding hydrogens is 353 g/mol. The highest BCUT2D eigenvalue weighted by atomic mass is 32.1. The minimum atomic E-state index is -1.01. The number of aliphatic hydroxyl groups excluding tert-OH is 1. The first-order valence-electron chi connectivity index (χ1n) is 8.78. The van der Waals surface area contributed by atoms with E-state index in [0.717, 1.165) is 27.9 Å². The Morgan fingerprint density at radius 2 is 2.38 bits per heavy atom. The van der Waals surface area contributed by atoms with E-state index in [9.17, 15) is 9.50 Å². The summed E-state index contributed by atoms with van der Waals surface area (Å²) >= 11 is 1.59. The van der Waals surface area contributed by atoms with Crippen molar-refractivity contribution < 1.29 is 14.2 Å². The van der Waals surface area contributed by atoms with Crippen LogP contribution >= 0.6 is 11.3 Å². The summed E-state index contributed by atoms with van der Waals surface area (Å²) in [6.45, 7) is 1.73. The molecule has 1 aliphatic heterocycles. The first kappa shape index (κ1) is 19.1. The number of nitrogens with zero attached hydrogens (tertiary/aromatic N) is 2. The molecule has 0 spiro atoms. The fourth-order valence-electron chi connectivity index (χ4n) is 3.49. The molecule has 26 heavy (non-hydrogen) atoms. The molecular formula is C19H24FN3O2S. The van der Waals surface area contributed by atoms with Gasteiger partial charge >= 0.3 is 0 Å². The Hall–Kier alpha value is -1.72. The van der Waals surface area contributed by atoms with Crippen LogP contribution in [-0.4, -0.2) is 61.7 Å². The maximum Gasteiger partial charge on any atom is 0.133 e. The molecule has 5 nitrogen and oxygen atoms in total. The Morgan fingerprint density at radius 1 is 1.54 bits per heavy atom. The lowest BCUT2D eigenvalue weighted by molar-refractivity contribution is 0.0215. The number of benzene rings is 1. The second kappa shape index (κ2) is 8.78. The van der Waals surface area contributed by atoms with Gasteiger partial charge in [0.05, 0.1) is 41.6 Å². The number of methoxy groups -OCH3 is 1. The van der Waals surface area contributed by atoms with Gasteiger partial charge in [0.1, 0.15) is 6.17 Å². The number of likely N-dealkylation sites (tertiary alicyclic amines) is 1. The molecule has 3 rings (SSSR count). The first-order chi connectivity index (χ1) is 12.6. The van der Waals surface area contributed by atoms with Crippen LogP contribution in [0.5, 0.6) is 0 Å². The van der Waals surface area contributed by atoms with Crippen molar-refractivity contribution in [3.63, 3.8) is 0 Å². The molecule has 3 unspecified atom stereocenters. The van der Waals surface area contributed by atoms with Crippen molar-refractivity contribution in [3.8, 4) is 6.07 Å². The second-order valence-corrected chi connectivity index (χ2v) is 7.58. The number of halogens is 1. The summed E-state index contributed by atoms with van der Waals surface area (Å²) in [5.41, 5.74) is 1.95. The Kier molecular flexibility index (Phi) is 6.43. The van der Waals surface area contributed by atoms with Crippen LogP contribution in [0.25, 0.3) is 10.1 Å². The third-order valence-corrected chi connectivity index (χ3v) is 5.82. The molecule has 0 radical (unpaired) electrons. The summed E-state index contributed by atoms with van der Waals surface area (Å²) in [5.74, 6) is 0. The first-order valence-corrected chi connectivity index (χ1v) is 9.66. The SMILES string of the molecule is COCC(O)CN1CCC(Nc2cccc3c(CC#N)csc23)C(F)C1. The van der Waals surface area contributed by atoms with Crippen molar-refractivity contribution in [2.75, 3.05) is 38.7 Å². The van der Waals surface area contributed by atoms with Crippen LogP contribution in [0.1, 0.15) is 12.0 Å². The largest absolute Gasteiger partial charge is 0.389 e. The minimum Gasteiger partial charge on any atom is -0.389 e. The summed E-state index contributed by atoms with van der Waals surface area (Å²) in [6, 6.07) is 7.86. The number of alkyl halides is 1. The number of thiophene rings is 1. The van der Waals surface area contributed by atoms with Gasteiger partial charge in [-0.3, -0.25) is 4.90 Å². The van der Waals surface area contributed by atoms with E-state index in [1.54, 1.807) is 18.4 Å². The third kappa shape index (κ3) is 4.33. The van der Waals surface area contributed by atoms with E-state index in [2.05, 4.69) is 11.4 Å². The topological polar surface area (TPSA) is 68.5 Å². The molecule has 0 saturated carbocycles. The number of β-amino-alcohol motifs (C(OH)–C–C–N with tert-alkyl or cyclic N) is 1. The van der Waals surface area contributed by atoms with Crippen molar-refractivity contribution in [2.45, 2.75) is 31.2 Å². The third-order valence-electron chi connectivity index (χ3n) is 4.74. The Balaban J connectivity index is 1.65. The lowest BCUT2D eigenvalue weighted by Crippen LogP contribution is -2.50. The summed E-state index contributed by atoms with van der Waals surface area (Å²) < 4.78 is 20.7. The van der Waals surface area contributed by atoms with E-state index in [1.165, 1.54) is 0 Å². The van der Waals surface area contributed by atoms with E-state index < -0.39 is 12.3 Å². The molecule has 2 aromatic rings. The van der Waals surface area contributed by atoms with Crippen LogP contribution < -0.4 is 5.32 Å². The minimum absolute atomic E-state index is 0.252. The monoisotopic (exact) mass is 377 g/mol. The van der Waals surface area contributed by atoms with Gasteiger partial charge in [0.2, 0.25) is 0 Å². The van der Waals surface area contributed by atoms with Crippen LogP contribution in [-0.2, 0) is 11.2 Å². The number of nitrogens with one attached hydrogen (secondary N) is 1. The molecule has 1 aromatic carbocycles. The van der Waals surface area contributed by atoms with Crippen LogP contribution in [0.2, 0.25) is 0 Å². The van der Waals surface area contributed by atoms with Gasteiger partial charge in [0.15, 0.2) is 0 Å². The van der Waals surface area contributed by atoms with Gasteiger partial charge < -0.3 is 15.2 Å². The Bertz CT molecular complexity index is 776. The highest BCUT2D eigenvalue weighted by Gasteiger charge is 2.30. The number of anilines is 1. The quantitative estimate of drug-likeness (QED) is 0.777. The molecule has 0 bridgehead atoms. The number of hydrogen-bond donors (Lipinski definition) is 2. The number of rotatable bonds is 7. The maximum absolute atomic E-state index is 14.7. The lowest BCUT2D eigenvalue weighted by atomic mass is 10.0. The van der Waals surface area contributed by atoms with E-state index in [4.69, 9.17) is 10.00 Å². The van der Waals surface area contributed by atoms with E-state index in [1.807, 2.05) is 28.5 Å². The Morgan fingerprint density at radius 3 is 3.12 bits per heavy atom. The zero-order valence-corrected chi connectivity index (χ0v) is 15.6. The molecule has 2 N–H and O–H groups in total. The maximum atomic E-state index is 14.7. The normalized spacial score (nSPS) is 22.2.